The molecule has 0 aliphatic carbocycles. The van der Waals surface area contributed by atoms with Crippen molar-refractivity contribution in [2.24, 2.45) is 0 Å². The van der Waals surface area contributed by atoms with Crippen LogP contribution in [-0.4, -0.2) is 25.1 Å². The zero-order valence-corrected chi connectivity index (χ0v) is 16.7. The van der Waals surface area contributed by atoms with Gasteiger partial charge < -0.3 is 5.32 Å². The second-order valence-electron chi connectivity index (χ2n) is 7.06. The van der Waals surface area contributed by atoms with Gasteiger partial charge in [-0.05, 0) is 48.0 Å². The number of anilines is 1. The van der Waals surface area contributed by atoms with Gasteiger partial charge in [-0.15, -0.1) is 0 Å². The van der Waals surface area contributed by atoms with E-state index >= 15 is 0 Å². The molecule has 0 bridgehead atoms. The molecule has 0 aliphatic heterocycles. The third kappa shape index (κ3) is 3.98. The summed E-state index contributed by atoms with van der Waals surface area (Å²) in [5.41, 5.74) is 3.12. The summed E-state index contributed by atoms with van der Waals surface area (Å²) in [6.45, 7) is 0.441. The molecule has 0 spiro atoms. The second kappa shape index (κ2) is 8.43. The van der Waals surface area contributed by atoms with E-state index in [2.05, 4.69) is 30.5 Å². The Morgan fingerprint density at radius 1 is 0.812 bits per heavy atom. The Labute approximate surface area is 182 Å². The maximum Gasteiger partial charge on any atom is 0.163 e. The van der Waals surface area contributed by atoms with E-state index in [0.717, 1.165) is 17.3 Å². The summed E-state index contributed by atoms with van der Waals surface area (Å²) in [6, 6.07) is 16.3. The molecule has 0 aliphatic rings. The number of hydrogen-bond donors (Lipinski definition) is 1. The van der Waals surface area contributed by atoms with Crippen LogP contribution >= 0.6 is 0 Å². The van der Waals surface area contributed by atoms with E-state index in [-0.39, 0.29) is 0 Å². The van der Waals surface area contributed by atoms with E-state index in [4.69, 9.17) is 0 Å². The summed E-state index contributed by atoms with van der Waals surface area (Å²) < 4.78 is 27.7. The molecule has 0 saturated heterocycles. The van der Waals surface area contributed by atoms with Crippen LogP contribution in [0.2, 0.25) is 0 Å². The fourth-order valence-corrected chi connectivity index (χ4v) is 3.38. The minimum atomic E-state index is -0.632. The summed E-state index contributed by atoms with van der Waals surface area (Å²) in [5.74, 6) is -0.204. The quantitative estimate of drug-likeness (QED) is 0.424. The SMILES string of the molecule is Fc1ccc(-c2ccc3nc(-c4ccnnc4)nc(NCc4ccccn4)c3c2)c(F)c1. The molecule has 156 valence electrons. The topological polar surface area (TPSA) is 76.5 Å². The highest BCUT2D eigenvalue weighted by atomic mass is 19.1. The maximum absolute atomic E-state index is 14.4. The summed E-state index contributed by atoms with van der Waals surface area (Å²) in [7, 11) is 0. The van der Waals surface area contributed by atoms with Crippen molar-refractivity contribution in [1.82, 2.24) is 25.1 Å². The molecule has 2 aromatic carbocycles. The smallest absolute Gasteiger partial charge is 0.163 e. The van der Waals surface area contributed by atoms with Gasteiger partial charge >= 0.3 is 0 Å². The van der Waals surface area contributed by atoms with Crippen molar-refractivity contribution < 1.29 is 8.78 Å². The van der Waals surface area contributed by atoms with Gasteiger partial charge in [-0.2, -0.15) is 10.2 Å². The van der Waals surface area contributed by atoms with Gasteiger partial charge in [-0.1, -0.05) is 12.1 Å². The highest BCUT2D eigenvalue weighted by Crippen LogP contribution is 2.31. The lowest BCUT2D eigenvalue weighted by Gasteiger charge is -2.12. The molecule has 0 saturated carbocycles. The van der Waals surface area contributed by atoms with Crippen molar-refractivity contribution in [1.29, 1.82) is 0 Å². The molecular weight excluding hydrogens is 410 g/mol. The Balaban J connectivity index is 1.63. The first-order valence-corrected chi connectivity index (χ1v) is 9.85. The van der Waals surface area contributed by atoms with Gasteiger partial charge in [0.1, 0.15) is 17.5 Å². The average Bonchev–Trinajstić information content (AvgIpc) is 2.83. The normalized spacial score (nSPS) is 10.9. The fraction of sp³-hybridized carbons (Fsp3) is 0.0417. The number of halogens is 2. The molecule has 0 atom stereocenters. The first kappa shape index (κ1) is 19.6. The van der Waals surface area contributed by atoms with Crippen molar-refractivity contribution in [2.75, 3.05) is 5.32 Å². The van der Waals surface area contributed by atoms with Crippen molar-refractivity contribution in [2.45, 2.75) is 6.54 Å². The van der Waals surface area contributed by atoms with Crippen LogP contribution < -0.4 is 5.32 Å². The fourth-order valence-electron chi connectivity index (χ4n) is 3.38. The van der Waals surface area contributed by atoms with Crippen molar-refractivity contribution >= 4 is 16.7 Å². The number of hydrogen-bond acceptors (Lipinski definition) is 6. The summed E-state index contributed by atoms with van der Waals surface area (Å²) in [4.78, 5) is 13.7. The number of benzene rings is 2. The van der Waals surface area contributed by atoms with Crippen LogP contribution in [-0.2, 0) is 6.54 Å². The molecule has 5 aromatic rings. The molecule has 0 radical (unpaired) electrons. The molecule has 0 fully saturated rings. The second-order valence-corrected chi connectivity index (χ2v) is 7.06. The lowest BCUT2D eigenvalue weighted by Crippen LogP contribution is -2.05. The lowest BCUT2D eigenvalue weighted by atomic mass is 10.0. The van der Waals surface area contributed by atoms with E-state index in [0.29, 0.717) is 40.2 Å². The van der Waals surface area contributed by atoms with E-state index in [1.54, 1.807) is 42.9 Å². The Kier molecular flexibility index (Phi) is 5.17. The Morgan fingerprint density at radius 3 is 2.53 bits per heavy atom. The number of nitrogens with zero attached hydrogens (tertiary/aromatic N) is 5. The average molecular weight is 426 g/mol. The highest BCUT2D eigenvalue weighted by Gasteiger charge is 2.13. The van der Waals surface area contributed by atoms with Crippen molar-refractivity contribution in [3.05, 3.63) is 96.6 Å². The van der Waals surface area contributed by atoms with Gasteiger partial charge in [-0.3, -0.25) is 4.98 Å². The van der Waals surface area contributed by atoms with Crippen LogP contribution in [0.25, 0.3) is 33.4 Å². The van der Waals surface area contributed by atoms with Gasteiger partial charge in [0.2, 0.25) is 0 Å². The third-order valence-electron chi connectivity index (χ3n) is 4.94. The minimum absolute atomic E-state index is 0.298. The first-order valence-electron chi connectivity index (χ1n) is 9.85. The number of nitrogens with one attached hydrogen (secondary N) is 1. The van der Waals surface area contributed by atoms with E-state index in [1.807, 2.05) is 18.2 Å². The number of fused-ring (bicyclic) bond motifs is 1. The van der Waals surface area contributed by atoms with Gasteiger partial charge in [-0.25, -0.2) is 18.7 Å². The van der Waals surface area contributed by atoms with Crippen LogP contribution in [0.4, 0.5) is 14.6 Å². The third-order valence-corrected chi connectivity index (χ3v) is 4.94. The van der Waals surface area contributed by atoms with Crippen LogP contribution in [0, 0.1) is 11.6 Å². The molecule has 8 heteroatoms. The molecule has 5 rings (SSSR count). The van der Waals surface area contributed by atoms with E-state index in [1.165, 1.54) is 12.1 Å². The van der Waals surface area contributed by atoms with Gasteiger partial charge in [0.25, 0.3) is 0 Å². The molecule has 0 unspecified atom stereocenters. The molecule has 3 aromatic heterocycles. The minimum Gasteiger partial charge on any atom is -0.364 e. The summed E-state index contributed by atoms with van der Waals surface area (Å²) >= 11 is 0. The predicted molar refractivity (Wildman–Crippen MR) is 117 cm³/mol. The Hall–Kier alpha value is -4.33. The standard InChI is InChI=1S/C24H16F2N6/c25-17-5-6-19(21(26)12-17)15-4-7-22-20(11-15)24(28-14-18-3-1-2-9-27-18)32-23(31-22)16-8-10-29-30-13-16/h1-13H,14H2,(H,28,31,32). The zero-order chi connectivity index (χ0) is 21.9. The monoisotopic (exact) mass is 426 g/mol. The van der Waals surface area contributed by atoms with Crippen LogP contribution in [0.3, 0.4) is 0 Å². The Morgan fingerprint density at radius 2 is 1.75 bits per heavy atom. The van der Waals surface area contributed by atoms with Crippen LogP contribution in [0.15, 0.2) is 79.3 Å². The lowest BCUT2D eigenvalue weighted by molar-refractivity contribution is 0.585. The maximum atomic E-state index is 14.4. The Bertz CT molecular complexity index is 1390. The summed E-state index contributed by atoms with van der Waals surface area (Å²) in [6.07, 6.45) is 4.88. The molecular formula is C24H16F2N6. The summed E-state index contributed by atoms with van der Waals surface area (Å²) in [5, 5.41) is 11.7. The zero-order valence-electron chi connectivity index (χ0n) is 16.7. The first-order chi connectivity index (χ1) is 15.7. The molecule has 3 heterocycles. The number of rotatable bonds is 5. The van der Waals surface area contributed by atoms with Crippen molar-refractivity contribution in [3.63, 3.8) is 0 Å². The van der Waals surface area contributed by atoms with Gasteiger partial charge in [0.15, 0.2) is 5.82 Å². The van der Waals surface area contributed by atoms with Gasteiger partial charge in [0, 0.05) is 28.8 Å². The van der Waals surface area contributed by atoms with Crippen LogP contribution in [0.1, 0.15) is 5.69 Å². The number of aromatic nitrogens is 5. The van der Waals surface area contributed by atoms with E-state index < -0.39 is 11.6 Å². The van der Waals surface area contributed by atoms with E-state index in [9.17, 15) is 8.78 Å². The van der Waals surface area contributed by atoms with Crippen LogP contribution in [0.5, 0.6) is 0 Å². The molecule has 32 heavy (non-hydrogen) atoms. The molecule has 1 N–H and O–H groups in total. The molecule has 6 nitrogen and oxygen atoms in total. The molecule has 0 amide bonds. The van der Waals surface area contributed by atoms with Crippen molar-refractivity contribution in [3.8, 4) is 22.5 Å². The van der Waals surface area contributed by atoms with Gasteiger partial charge in [0.05, 0.1) is 30.1 Å². The highest BCUT2D eigenvalue weighted by molar-refractivity contribution is 5.94. The largest absolute Gasteiger partial charge is 0.364 e. The number of pyridine rings is 1. The predicted octanol–water partition coefficient (Wildman–Crippen LogP) is 5.04.